The fourth-order valence-corrected chi connectivity index (χ4v) is 3.85. The molecule has 0 radical (unpaired) electrons. The molecule has 0 saturated carbocycles. The molecule has 120 valence electrons. The van der Waals surface area contributed by atoms with Crippen molar-refractivity contribution in [1.29, 1.82) is 0 Å². The standard InChI is InChI=1S/C14H24N2O4S/c1-5-13(17)15-7-11(3)9-21(19,20)10-12(4)8-16-14(18)6-2/h5-6,11-12H,1-2,7-10H2,3-4H3,(H,15,17)(H,16,18). The molecule has 0 aliphatic carbocycles. The van der Waals surface area contributed by atoms with Crippen molar-refractivity contribution in [3.8, 4) is 0 Å². The molecule has 0 aliphatic rings. The summed E-state index contributed by atoms with van der Waals surface area (Å²) in [7, 11) is -3.24. The van der Waals surface area contributed by atoms with E-state index in [9.17, 15) is 18.0 Å². The highest BCUT2D eigenvalue weighted by molar-refractivity contribution is 7.91. The predicted molar refractivity (Wildman–Crippen MR) is 83.4 cm³/mol. The first kappa shape index (κ1) is 19.4. The summed E-state index contributed by atoms with van der Waals surface area (Å²) in [5.41, 5.74) is 0. The van der Waals surface area contributed by atoms with Gasteiger partial charge in [0.2, 0.25) is 11.8 Å². The van der Waals surface area contributed by atoms with Crippen LogP contribution in [-0.2, 0) is 19.4 Å². The monoisotopic (exact) mass is 316 g/mol. The zero-order valence-corrected chi connectivity index (χ0v) is 13.4. The van der Waals surface area contributed by atoms with Crippen molar-refractivity contribution >= 4 is 21.7 Å². The van der Waals surface area contributed by atoms with Crippen LogP contribution in [0.15, 0.2) is 25.3 Å². The molecule has 21 heavy (non-hydrogen) atoms. The fraction of sp³-hybridized carbons (Fsp3) is 0.571. The van der Waals surface area contributed by atoms with Gasteiger partial charge in [-0.1, -0.05) is 27.0 Å². The van der Waals surface area contributed by atoms with E-state index in [0.717, 1.165) is 12.2 Å². The summed E-state index contributed by atoms with van der Waals surface area (Å²) in [6, 6.07) is 0. The minimum Gasteiger partial charge on any atom is -0.352 e. The summed E-state index contributed by atoms with van der Waals surface area (Å²) in [5.74, 6) is -1.03. The highest BCUT2D eigenvalue weighted by Gasteiger charge is 2.19. The number of hydrogen-bond donors (Lipinski definition) is 2. The van der Waals surface area contributed by atoms with Crippen molar-refractivity contribution in [2.24, 2.45) is 11.8 Å². The van der Waals surface area contributed by atoms with Gasteiger partial charge < -0.3 is 10.6 Å². The minimum atomic E-state index is -3.24. The average molecular weight is 316 g/mol. The molecule has 2 atom stereocenters. The molecule has 6 nitrogen and oxygen atoms in total. The number of sulfone groups is 1. The first-order chi connectivity index (χ1) is 9.70. The molecule has 0 aromatic rings. The van der Waals surface area contributed by atoms with Crippen LogP contribution in [0, 0.1) is 11.8 Å². The van der Waals surface area contributed by atoms with Crippen LogP contribution in [0.25, 0.3) is 0 Å². The van der Waals surface area contributed by atoms with E-state index in [1.807, 2.05) is 0 Å². The molecular formula is C14H24N2O4S. The van der Waals surface area contributed by atoms with Crippen LogP contribution in [0.1, 0.15) is 13.8 Å². The molecular weight excluding hydrogens is 292 g/mol. The summed E-state index contributed by atoms with van der Waals surface area (Å²) >= 11 is 0. The average Bonchev–Trinajstić information content (AvgIpc) is 2.40. The third kappa shape index (κ3) is 9.84. The Labute approximate surface area is 126 Å². The Morgan fingerprint density at radius 3 is 1.57 bits per heavy atom. The van der Waals surface area contributed by atoms with Crippen LogP contribution in [0.4, 0.5) is 0 Å². The maximum absolute atomic E-state index is 12.0. The van der Waals surface area contributed by atoms with Gasteiger partial charge in [-0.2, -0.15) is 0 Å². The molecule has 0 aromatic carbocycles. The minimum absolute atomic E-state index is 0.00975. The van der Waals surface area contributed by atoms with Gasteiger partial charge in [0.15, 0.2) is 9.84 Å². The van der Waals surface area contributed by atoms with Gasteiger partial charge in [0.05, 0.1) is 11.5 Å². The molecule has 2 N–H and O–H groups in total. The van der Waals surface area contributed by atoms with E-state index < -0.39 is 9.84 Å². The van der Waals surface area contributed by atoms with E-state index in [0.29, 0.717) is 0 Å². The van der Waals surface area contributed by atoms with Crippen LogP contribution < -0.4 is 10.6 Å². The van der Waals surface area contributed by atoms with Crippen LogP contribution in [-0.4, -0.2) is 44.8 Å². The van der Waals surface area contributed by atoms with Gasteiger partial charge in [-0.3, -0.25) is 9.59 Å². The molecule has 0 saturated heterocycles. The summed E-state index contributed by atoms with van der Waals surface area (Å²) in [5, 5.41) is 5.13. The topological polar surface area (TPSA) is 92.3 Å². The van der Waals surface area contributed by atoms with Crippen molar-refractivity contribution < 1.29 is 18.0 Å². The lowest BCUT2D eigenvalue weighted by Gasteiger charge is -2.15. The summed E-state index contributed by atoms with van der Waals surface area (Å²) < 4.78 is 24.0. The van der Waals surface area contributed by atoms with E-state index in [1.165, 1.54) is 0 Å². The SMILES string of the molecule is C=CC(=O)NCC(C)CS(=O)(=O)CC(C)CNC(=O)C=C. The quantitative estimate of drug-likeness (QED) is 0.566. The number of carbonyl (C=O) groups is 2. The van der Waals surface area contributed by atoms with Crippen molar-refractivity contribution in [2.45, 2.75) is 13.8 Å². The van der Waals surface area contributed by atoms with E-state index in [4.69, 9.17) is 0 Å². The molecule has 0 fully saturated rings. The highest BCUT2D eigenvalue weighted by Crippen LogP contribution is 2.06. The van der Waals surface area contributed by atoms with E-state index >= 15 is 0 Å². The van der Waals surface area contributed by atoms with Crippen LogP contribution >= 0.6 is 0 Å². The summed E-state index contributed by atoms with van der Waals surface area (Å²) in [4.78, 5) is 22.0. The molecule has 7 heteroatoms. The number of carbonyl (C=O) groups excluding carboxylic acids is 2. The summed E-state index contributed by atoms with van der Waals surface area (Å²) in [6.45, 7) is 10.7. The van der Waals surface area contributed by atoms with Crippen molar-refractivity contribution in [1.82, 2.24) is 10.6 Å². The number of hydrogen-bond acceptors (Lipinski definition) is 4. The largest absolute Gasteiger partial charge is 0.352 e. The van der Waals surface area contributed by atoms with Gasteiger partial charge in [0.1, 0.15) is 0 Å². The Morgan fingerprint density at radius 1 is 0.952 bits per heavy atom. The second-order valence-electron chi connectivity index (χ2n) is 5.19. The molecule has 0 aromatic heterocycles. The Hall–Kier alpha value is -1.63. The van der Waals surface area contributed by atoms with E-state index in [-0.39, 0.29) is 48.2 Å². The third-order valence-electron chi connectivity index (χ3n) is 2.70. The second-order valence-corrected chi connectivity index (χ2v) is 7.34. The Kier molecular flexibility index (Phi) is 8.61. The van der Waals surface area contributed by atoms with Gasteiger partial charge in [-0.15, -0.1) is 0 Å². The normalized spacial score (nSPS) is 13.8. The molecule has 2 amide bonds. The van der Waals surface area contributed by atoms with Gasteiger partial charge in [-0.25, -0.2) is 8.42 Å². The lowest BCUT2D eigenvalue weighted by Crippen LogP contribution is -2.33. The van der Waals surface area contributed by atoms with Crippen LogP contribution in [0.3, 0.4) is 0 Å². The lowest BCUT2D eigenvalue weighted by atomic mass is 10.2. The highest BCUT2D eigenvalue weighted by atomic mass is 32.2. The second kappa shape index (κ2) is 9.33. The number of rotatable bonds is 10. The Balaban J connectivity index is 4.23. The van der Waals surface area contributed by atoms with Crippen molar-refractivity contribution in [2.75, 3.05) is 24.6 Å². The van der Waals surface area contributed by atoms with Crippen LogP contribution in [0.5, 0.6) is 0 Å². The van der Waals surface area contributed by atoms with Gasteiger partial charge in [0, 0.05) is 13.1 Å². The zero-order chi connectivity index (χ0) is 16.5. The number of amides is 2. The van der Waals surface area contributed by atoms with Crippen molar-refractivity contribution in [3.63, 3.8) is 0 Å². The third-order valence-corrected chi connectivity index (χ3v) is 4.85. The van der Waals surface area contributed by atoms with Gasteiger partial charge in [0.25, 0.3) is 0 Å². The van der Waals surface area contributed by atoms with Gasteiger partial charge >= 0.3 is 0 Å². The molecule has 0 spiro atoms. The first-order valence-corrected chi connectivity index (χ1v) is 8.53. The van der Waals surface area contributed by atoms with E-state index in [2.05, 4.69) is 23.8 Å². The molecule has 0 heterocycles. The molecule has 0 bridgehead atoms. The van der Waals surface area contributed by atoms with Crippen molar-refractivity contribution in [3.05, 3.63) is 25.3 Å². The lowest BCUT2D eigenvalue weighted by molar-refractivity contribution is -0.117. The van der Waals surface area contributed by atoms with Crippen LogP contribution in [0.2, 0.25) is 0 Å². The number of nitrogens with one attached hydrogen (secondary N) is 2. The molecule has 0 rings (SSSR count). The fourth-order valence-electron chi connectivity index (χ4n) is 1.75. The van der Waals surface area contributed by atoms with Gasteiger partial charge in [-0.05, 0) is 24.0 Å². The smallest absolute Gasteiger partial charge is 0.243 e. The zero-order valence-electron chi connectivity index (χ0n) is 12.6. The van der Waals surface area contributed by atoms with E-state index in [1.54, 1.807) is 13.8 Å². The molecule has 2 unspecified atom stereocenters. The maximum Gasteiger partial charge on any atom is 0.243 e. The Morgan fingerprint density at radius 2 is 1.29 bits per heavy atom. The predicted octanol–water partition coefficient (Wildman–Crippen LogP) is 0.278. The molecule has 0 aliphatic heterocycles. The first-order valence-electron chi connectivity index (χ1n) is 6.71. The maximum atomic E-state index is 12.0. The summed E-state index contributed by atoms with van der Waals surface area (Å²) in [6.07, 6.45) is 2.29. The Bertz CT molecular complexity index is 447.